The van der Waals surface area contributed by atoms with Crippen LogP contribution in [0.5, 0.6) is 0 Å². The third-order valence-electron chi connectivity index (χ3n) is 2.64. The van der Waals surface area contributed by atoms with E-state index in [2.05, 4.69) is 0 Å². The molecule has 10 heteroatoms. The summed E-state index contributed by atoms with van der Waals surface area (Å²) in [5, 5.41) is 8.75. The maximum Gasteiger partial charge on any atom is 0.402 e. The Morgan fingerprint density at radius 2 is 1.90 bits per heavy atom. The first-order valence-electron chi connectivity index (χ1n) is 5.72. The van der Waals surface area contributed by atoms with E-state index in [1.807, 2.05) is 0 Å². The van der Waals surface area contributed by atoms with E-state index in [-0.39, 0.29) is 15.6 Å². The van der Waals surface area contributed by atoms with Crippen molar-refractivity contribution in [3.05, 3.63) is 23.5 Å². The van der Waals surface area contributed by atoms with E-state index in [1.54, 1.807) is 0 Å². The molecule has 0 aromatic heterocycles. The Balaban J connectivity index is 3.36. The summed E-state index contributed by atoms with van der Waals surface area (Å²) in [7, 11) is -4.64. The Hall–Kier alpha value is -1.39. The van der Waals surface area contributed by atoms with Crippen LogP contribution in [0.15, 0.2) is 17.0 Å². The number of benzene rings is 1. The molecule has 21 heavy (non-hydrogen) atoms. The number of rotatable bonds is 5. The van der Waals surface area contributed by atoms with E-state index in [4.69, 9.17) is 10.8 Å². The van der Waals surface area contributed by atoms with E-state index < -0.39 is 46.6 Å². The van der Waals surface area contributed by atoms with Gasteiger partial charge in [0.1, 0.15) is 12.4 Å². The minimum atomic E-state index is -4.80. The van der Waals surface area contributed by atoms with Crippen molar-refractivity contribution in [1.29, 1.82) is 0 Å². The van der Waals surface area contributed by atoms with Gasteiger partial charge in [-0.25, -0.2) is 12.8 Å². The fourth-order valence-electron chi connectivity index (χ4n) is 1.68. The van der Waals surface area contributed by atoms with Crippen molar-refractivity contribution in [2.45, 2.75) is 18.0 Å². The number of halogens is 4. The van der Waals surface area contributed by atoms with Gasteiger partial charge in [-0.15, -0.1) is 0 Å². The van der Waals surface area contributed by atoms with Crippen molar-refractivity contribution in [1.82, 2.24) is 4.31 Å². The van der Waals surface area contributed by atoms with E-state index in [0.29, 0.717) is 0 Å². The zero-order valence-electron chi connectivity index (χ0n) is 11.0. The normalized spacial score (nSPS) is 12.9. The van der Waals surface area contributed by atoms with Gasteiger partial charge in [0.05, 0.1) is 11.5 Å². The molecular weight excluding hydrogens is 316 g/mol. The second-order valence-electron chi connectivity index (χ2n) is 4.30. The van der Waals surface area contributed by atoms with Crippen LogP contribution in [-0.4, -0.2) is 43.7 Å². The topological polar surface area (TPSA) is 83.6 Å². The van der Waals surface area contributed by atoms with Gasteiger partial charge in [-0.05, 0) is 19.1 Å². The van der Waals surface area contributed by atoms with Crippen LogP contribution in [-0.2, 0) is 10.0 Å². The molecule has 0 aliphatic heterocycles. The van der Waals surface area contributed by atoms with Gasteiger partial charge in [-0.3, -0.25) is 0 Å². The number of aliphatic hydroxyl groups excluding tert-OH is 1. The van der Waals surface area contributed by atoms with Gasteiger partial charge in [0.25, 0.3) is 0 Å². The van der Waals surface area contributed by atoms with Crippen molar-refractivity contribution < 1.29 is 31.1 Å². The van der Waals surface area contributed by atoms with Crippen LogP contribution < -0.4 is 5.73 Å². The Labute approximate surface area is 119 Å². The van der Waals surface area contributed by atoms with Gasteiger partial charge in [0.2, 0.25) is 10.0 Å². The first-order chi connectivity index (χ1) is 9.49. The second kappa shape index (κ2) is 6.16. The molecule has 0 saturated carbocycles. The molecule has 0 bridgehead atoms. The summed E-state index contributed by atoms with van der Waals surface area (Å²) in [6.45, 7) is -2.24. The minimum absolute atomic E-state index is 0.0359. The SMILES string of the molecule is Cc1c(F)cc(N)cc1S(=O)(=O)N(CCO)CC(F)(F)F. The third kappa shape index (κ3) is 4.29. The molecule has 0 saturated heterocycles. The summed E-state index contributed by atoms with van der Waals surface area (Å²) in [5.41, 5.74) is 4.76. The minimum Gasteiger partial charge on any atom is -0.399 e. The molecule has 120 valence electrons. The number of nitrogens with zero attached hydrogens (tertiary/aromatic N) is 1. The van der Waals surface area contributed by atoms with Crippen molar-refractivity contribution in [3.8, 4) is 0 Å². The van der Waals surface area contributed by atoms with Crippen molar-refractivity contribution >= 4 is 15.7 Å². The maximum absolute atomic E-state index is 13.5. The highest BCUT2D eigenvalue weighted by atomic mass is 32.2. The Morgan fingerprint density at radius 3 is 2.38 bits per heavy atom. The number of anilines is 1. The predicted molar refractivity (Wildman–Crippen MR) is 67.4 cm³/mol. The molecular formula is C11H14F4N2O3S. The summed E-state index contributed by atoms with van der Waals surface area (Å²) < 4.78 is 75.3. The predicted octanol–water partition coefficient (Wildman–Crippen LogP) is 1.26. The van der Waals surface area contributed by atoms with Crippen LogP contribution in [0.1, 0.15) is 5.56 Å². The molecule has 1 aromatic carbocycles. The van der Waals surface area contributed by atoms with Crippen LogP contribution >= 0.6 is 0 Å². The molecule has 3 N–H and O–H groups in total. The lowest BCUT2D eigenvalue weighted by Crippen LogP contribution is -2.40. The van der Waals surface area contributed by atoms with Crippen LogP contribution in [0.4, 0.5) is 23.2 Å². The number of aliphatic hydroxyl groups is 1. The lowest BCUT2D eigenvalue weighted by Gasteiger charge is -2.23. The largest absolute Gasteiger partial charge is 0.402 e. The fourth-order valence-corrected chi connectivity index (χ4v) is 3.36. The standard InChI is InChI=1S/C11H14F4N2O3S/c1-7-9(12)4-8(16)5-10(7)21(19,20)17(2-3-18)6-11(13,14)15/h4-5,18H,2-3,6,16H2,1H3. The van der Waals surface area contributed by atoms with Gasteiger partial charge < -0.3 is 10.8 Å². The summed E-state index contributed by atoms with van der Waals surface area (Å²) in [6.07, 6.45) is -4.80. The average Bonchev–Trinajstić information content (AvgIpc) is 2.31. The van der Waals surface area contributed by atoms with Crippen molar-refractivity contribution in [2.24, 2.45) is 0 Å². The summed E-state index contributed by atoms with van der Waals surface area (Å²) in [6, 6.07) is 1.75. The molecule has 0 amide bonds. The molecule has 1 rings (SSSR count). The van der Waals surface area contributed by atoms with E-state index in [0.717, 1.165) is 19.1 Å². The smallest absolute Gasteiger partial charge is 0.399 e. The van der Waals surface area contributed by atoms with Crippen molar-refractivity contribution in [2.75, 3.05) is 25.4 Å². The van der Waals surface area contributed by atoms with Gasteiger partial charge >= 0.3 is 6.18 Å². The van der Waals surface area contributed by atoms with Gasteiger partial charge in [-0.1, -0.05) is 0 Å². The van der Waals surface area contributed by atoms with E-state index in [1.165, 1.54) is 0 Å². The van der Waals surface area contributed by atoms with Crippen LogP contribution in [0.2, 0.25) is 0 Å². The van der Waals surface area contributed by atoms with E-state index in [9.17, 15) is 26.0 Å². The Morgan fingerprint density at radius 1 is 1.33 bits per heavy atom. The molecule has 5 nitrogen and oxygen atoms in total. The summed E-state index contributed by atoms with van der Waals surface area (Å²) in [4.78, 5) is -0.655. The Kier molecular flexibility index (Phi) is 5.18. The maximum atomic E-state index is 13.5. The van der Waals surface area contributed by atoms with Crippen molar-refractivity contribution in [3.63, 3.8) is 0 Å². The fraction of sp³-hybridized carbons (Fsp3) is 0.455. The molecule has 0 radical (unpaired) electrons. The molecule has 0 heterocycles. The number of alkyl halides is 3. The quantitative estimate of drug-likeness (QED) is 0.629. The lowest BCUT2D eigenvalue weighted by atomic mass is 10.2. The van der Waals surface area contributed by atoms with E-state index >= 15 is 0 Å². The first-order valence-corrected chi connectivity index (χ1v) is 7.16. The summed E-state index contributed by atoms with van der Waals surface area (Å²) >= 11 is 0. The zero-order valence-corrected chi connectivity index (χ0v) is 11.8. The molecule has 0 unspecified atom stereocenters. The molecule has 0 aliphatic rings. The van der Waals surface area contributed by atoms with Gasteiger partial charge in [-0.2, -0.15) is 17.5 Å². The molecule has 0 atom stereocenters. The molecule has 0 aliphatic carbocycles. The zero-order chi connectivity index (χ0) is 16.4. The van der Waals surface area contributed by atoms with Gasteiger partial charge in [0.15, 0.2) is 0 Å². The van der Waals surface area contributed by atoms with Crippen LogP contribution in [0, 0.1) is 12.7 Å². The number of hydrogen-bond acceptors (Lipinski definition) is 4. The summed E-state index contributed by atoms with van der Waals surface area (Å²) in [5.74, 6) is -0.940. The highest BCUT2D eigenvalue weighted by Gasteiger charge is 2.37. The highest BCUT2D eigenvalue weighted by Crippen LogP contribution is 2.27. The highest BCUT2D eigenvalue weighted by molar-refractivity contribution is 7.89. The average molecular weight is 330 g/mol. The second-order valence-corrected chi connectivity index (χ2v) is 6.21. The number of sulfonamides is 1. The monoisotopic (exact) mass is 330 g/mol. The van der Waals surface area contributed by atoms with Crippen LogP contribution in [0.25, 0.3) is 0 Å². The molecule has 1 aromatic rings. The Bertz CT molecular complexity index is 617. The lowest BCUT2D eigenvalue weighted by molar-refractivity contribution is -0.136. The first kappa shape index (κ1) is 17.7. The number of nitrogen functional groups attached to an aromatic ring is 1. The number of nitrogens with two attached hydrogens (primary N) is 1. The molecule has 0 fully saturated rings. The third-order valence-corrected chi connectivity index (χ3v) is 4.61. The van der Waals surface area contributed by atoms with Crippen LogP contribution in [0.3, 0.4) is 0 Å². The van der Waals surface area contributed by atoms with Gasteiger partial charge in [0, 0.05) is 17.8 Å². The molecule has 0 spiro atoms. The number of hydrogen-bond donors (Lipinski definition) is 2.